The van der Waals surface area contributed by atoms with Crippen molar-refractivity contribution in [1.29, 1.82) is 0 Å². The van der Waals surface area contributed by atoms with Crippen molar-refractivity contribution in [2.24, 2.45) is 21.0 Å². The van der Waals surface area contributed by atoms with Crippen LogP contribution >= 0.6 is 8.00 Å². The van der Waals surface area contributed by atoms with E-state index in [9.17, 15) is 0 Å². The van der Waals surface area contributed by atoms with Crippen molar-refractivity contribution in [3.8, 4) is 0 Å². The predicted molar refractivity (Wildman–Crippen MR) is 167 cm³/mol. The molecule has 0 bridgehead atoms. The van der Waals surface area contributed by atoms with Gasteiger partial charge in [-0.2, -0.15) is 0 Å². The van der Waals surface area contributed by atoms with Crippen LogP contribution in [0, 0.1) is 16.2 Å². The second kappa shape index (κ2) is 9.84. The van der Waals surface area contributed by atoms with Crippen LogP contribution in [0.3, 0.4) is 0 Å². The Morgan fingerprint density at radius 2 is 1.26 bits per heavy atom. The van der Waals surface area contributed by atoms with E-state index >= 15 is 0 Å². The van der Waals surface area contributed by atoms with E-state index in [1.54, 1.807) is 4.54 Å². The van der Waals surface area contributed by atoms with Gasteiger partial charge in [0.2, 0.25) is 0 Å². The summed E-state index contributed by atoms with van der Waals surface area (Å²) in [5.41, 5.74) is 5.70. The molecule has 1 atom stereocenters. The molecule has 0 aliphatic heterocycles. The van der Waals surface area contributed by atoms with Gasteiger partial charge in [0.05, 0.1) is 0 Å². The zero-order chi connectivity index (χ0) is 27.3. The molecule has 0 fully saturated rings. The second-order valence-electron chi connectivity index (χ2n) is 15.7. The molecule has 1 nitrogen and oxygen atoms in total. The van der Waals surface area contributed by atoms with E-state index in [0.717, 1.165) is 6.42 Å². The molecule has 1 aliphatic rings. The Labute approximate surface area is 221 Å². The summed E-state index contributed by atoms with van der Waals surface area (Å²) in [6.45, 7) is 36.6. The van der Waals surface area contributed by atoms with E-state index in [2.05, 4.69) is 138 Å². The molecule has 4 heteroatoms. The van der Waals surface area contributed by atoms with E-state index < -0.39 is 16.1 Å². The number of nitrogens with zero attached hydrogens (tertiary/aromatic N) is 1. The number of rotatable bonds is 4. The molecule has 1 aromatic rings. The van der Waals surface area contributed by atoms with Crippen molar-refractivity contribution in [2.75, 3.05) is 0 Å². The number of benzene rings is 1. The third-order valence-electron chi connectivity index (χ3n) is 7.40. The Morgan fingerprint density at radius 1 is 0.771 bits per heavy atom. The van der Waals surface area contributed by atoms with Crippen molar-refractivity contribution in [3.05, 3.63) is 58.8 Å². The van der Waals surface area contributed by atoms with Gasteiger partial charge in [0.15, 0.2) is 0 Å². The minimum atomic E-state index is -1.42. The van der Waals surface area contributed by atoms with Crippen LogP contribution in [0.25, 0.3) is 0 Å². The van der Waals surface area contributed by atoms with Crippen molar-refractivity contribution < 1.29 is 0 Å². The molecule has 0 spiro atoms. The molecule has 0 amide bonds. The van der Waals surface area contributed by atoms with Gasteiger partial charge < -0.3 is 0 Å². The first-order chi connectivity index (χ1) is 15.5. The van der Waals surface area contributed by atoms with Crippen molar-refractivity contribution in [1.82, 2.24) is 0 Å². The van der Waals surface area contributed by atoms with Crippen LogP contribution in [0.4, 0.5) is 0 Å². The fraction of sp³-hybridized carbons (Fsp3) is 0.645. The number of allylic oxidation sites excluding steroid dienone is 3. The van der Waals surface area contributed by atoms with Gasteiger partial charge in [-0.15, -0.1) is 0 Å². The predicted octanol–water partition coefficient (Wildman–Crippen LogP) is 10.7. The Hall–Kier alpha value is -0.766. The molecule has 0 radical (unpaired) electrons. The van der Waals surface area contributed by atoms with Crippen LogP contribution in [0.2, 0.25) is 39.3 Å². The molecule has 0 saturated heterocycles. The summed E-state index contributed by atoms with van der Waals surface area (Å²) >= 11 is 0. The summed E-state index contributed by atoms with van der Waals surface area (Å²) in [7, 11) is -1.63. The van der Waals surface area contributed by atoms with E-state index in [1.165, 1.54) is 30.4 Å². The third kappa shape index (κ3) is 6.76. The molecule has 0 N–H and O–H groups in total. The van der Waals surface area contributed by atoms with Crippen LogP contribution < -0.4 is 0 Å². The van der Waals surface area contributed by atoms with Crippen molar-refractivity contribution in [2.45, 2.75) is 113 Å². The Kier molecular flexibility index (Phi) is 8.56. The molecule has 194 valence electrons. The first kappa shape index (κ1) is 30.5. The summed E-state index contributed by atoms with van der Waals surface area (Å²) in [5.74, 6) is 0. The van der Waals surface area contributed by atoms with Gasteiger partial charge in [-0.3, -0.25) is 0 Å². The van der Waals surface area contributed by atoms with Gasteiger partial charge in [-0.1, -0.05) is 0 Å². The normalized spacial score (nSPS) is 20.5. The maximum atomic E-state index is 5.57. The quantitative estimate of drug-likeness (QED) is 0.273. The van der Waals surface area contributed by atoms with Gasteiger partial charge in [0.25, 0.3) is 0 Å². The Bertz CT molecular complexity index is 1040. The summed E-state index contributed by atoms with van der Waals surface area (Å²) in [6, 6.07) is 11.2. The van der Waals surface area contributed by atoms with Crippen LogP contribution in [0.15, 0.2) is 58.0 Å². The molecule has 1 aromatic carbocycles. The third-order valence-corrected chi connectivity index (χ3v) is 19.9. The van der Waals surface area contributed by atoms with Gasteiger partial charge in [-0.25, -0.2) is 0 Å². The first-order valence-electron chi connectivity index (χ1n) is 13.3. The number of hydrogen-bond acceptors (Lipinski definition) is 1. The maximum absolute atomic E-state index is 5.57. The molecule has 35 heavy (non-hydrogen) atoms. The van der Waals surface area contributed by atoms with Crippen LogP contribution in [-0.2, 0) is 5.41 Å². The van der Waals surface area contributed by atoms with Crippen LogP contribution in [0.5, 0.6) is 0 Å². The van der Waals surface area contributed by atoms with Crippen LogP contribution in [0.1, 0.15) is 74.3 Å². The first-order valence-corrected chi connectivity index (χ1v) is 21.2. The topological polar surface area (TPSA) is 12.4 Å². The Morgan fingerprint density at radius 3 is 1.63 bits per heavy atom. The van der Waals surface area contributed by atoms with E-state index in [4.69, 9.17) is 4.74 Å². The molecule has 0 saturated carbocycles. The zero-order valence-corrected chi connectivity index (χ0v) is 28.5. The van der Waals surface area contributed by atoms with Crippen molar-refractivity contribution >= 4 is 28.7 Å². The molecular formula is C31H53NPSi2+. The average molecular weight is 527 g/mol. The summed E-state index contributed by atoms with van der Waals surface area (Å²) in [5, 5.41) is 0. The van der Waals surface area contributed by atoms with Gasteiger partial charge in [0.1, 0.15) is 0 Å². The van der Waals surface area contributed by atoms with E-state index in [0.29, 0.717) is 0 Å². The molecule has 2 rings (SSSR count). The zero-order valence-electron chi connectivity index (χ0n) is 25.6. The summed E-state index contributed by atoms with van der Waals surface area (Å²) in [6.07, 6.45) is 3.65. The minimum absolute atomic E-state index is 0.00897. The second-order valence-corrected chi connectivity index (χ2v) is 27.9. The molecular weight excluding hydrogens is 473 g/mol. The Balaban J connectivity index is 3.05. The average Bonchev–Trinajstić information content (AvgIpc) is 2.64. The van der Waals surface area contributed by atoms with Crippen molar-refractivity contribution in [3.63, 3.8) is 0 Å². The fourth-order valence-electron chi connectivity index (χ4n) is 5.56. The van der Waals surface area contributed by atoms with Crippen LogP contribution in [-0.4, -0.2) is 20.7 Å². The monoisotopic (exact) mass is 526 g/mol. The number of hydrogen-bond donors (Lipinski definition) is 0. The van der Waals surface area contributed by atoms with E-state index in [1.807, 2.05) is 0 Å². The standard InChI is InChI=1S/C31H53NPSi2/c1-28(2,3)24-21-31(30(7,8)9,23-19-17-16-18-20-23)22-25(29(4,5)6)26(24)32-33-27(34(10,11)12)35(13,14)15/h16-21H,22H2,1-15H3/q+1. The molecule has 0 aromatic heterocycles. The summed E-state index contributed by atoms with van der Waals surface area (Å²) in [4.78, 5) is 0. The fourth-order valence-corrected chi connectivity index (χ4v) is 17.7. The molecule has 1 aliphatic carbocycles. The molecule has 1 unspecified atom stereocenters. The van der Waals surface area contributed by atoms with Gasteiger partial charge >= 0.3 is 222 Å². The van der Waals surface area contributed by atoms with E-state index in [-0.39, 0.29) is 21.7 Å². The summed E-state index contributed by atoms with van der Waals surface area (Å²) < 4.78 is 7.33. The van der Waals surface area contributed by atoms with Gasteiger partial charge in [0, 0.05) is 0 Å². The molecule has 0 heterocycles. The van der Waals surface area contributed by atoms with Gasteiger partial charge in [-0.05, 0) is 0 Å². The SMILES string of the molecule is CC(C)(C)C1=CC(c2ccccc2)(C(C)(C)C)CC(C(C)(C)C)=C1N=[P+]=C([Si](C)(C)C)[Si](C)(C)C.